The van der Waals surface area contributed by atoms with Gasteiger partial charge in [-0.25, -0.2) is 5.06 Å². The van der Waals surface area contributed by atoms with Gasteiger partial charge >= 0.3 is 0 Å². The number of ether oxygens (including phenoxy) is 2. The Morgan fingerprint density at radius 3 is 2.10 bits per heavy atom. The fraction of sp³-hybridized carbons (Fsp3) is 0.952. The number of hydrogen-bond acceptors (Lipinski definition) is 5. The topological polar surface area (TPSA) is 96.8 Å². The molecule has 0 heterocycles. The molecule has 0 rings (SSSR count). The second-order valence-corrected chi connectivity index (χ2v) is 7.47. The van der Waals surface area contributed by atoms with E-state index in [1.165, 1.54) is 63.5 Å². The lowest BCUT2D eigenvalue weighted by Gasteiger charge is -2.24. The molecule has 0 aliphatic rings. The van der Waals surface area contributed by atoms with Crippen molar-refractivity contribution in [1.82, 2.24) is 5.06 Å². The number of carbonyl (C=O) groups is 1. The molecule has 0 aromatic heterocycles. The van der Waals surface area contributed by atoms with Crippen molar-refractivity contribution >= 4 is 5.91 Å². The van der Waals surface area contributed by atoms with Crippen LogP contribution in [0.1, 0.15) is 90.4 Å². The van der Waals surface area contributed by atoms with E-state index in [0.717, 1.165) is 19.3 Å². The first kappa shape index (κ1) is 27.7. The van der Waals surface area contributed by atoms with E-state index in [4.69, 9.17) is 19.8 Å². The second kappa shape index (κ2) is 20.0. The molecule has 8 heteroatoms. The van der Waals surface area contributed by atoms with Crippen molar-refractivity contribution in [2.24, 2.45) is 5.11 Å². The first-order valence-electron chi connectivity index (χ1n) is 11.1. The molecule has 8 nitrogen and oxygen atoms in total. The Kier molecular flexibility index (Phi) is 19.0. The predicted octanol–water partition coefficient (Wildman–Crippen LogP) is 5.77. The molecule has 0 aliphatic heterocycles. The number of carbonyl (C=O) groups excluding carboxylic acids is 1. The van der Waals surface area contributed by atoms with E-state index >= 15 is 0 Å². The highest BCUT2D eigenvalue weighted by atomic mass is 16.7. The summed E-state index contributed by atoms with van der Waals surface area (Å²) in [6.45, 7) is 2.39. The van der Waals surface area contributed by atoms with Crippen molar-refractivity contribution in [3.63, 3.8) is 0 Å². The van der Waals surface area contributed by atoms with Gasteiger partial charge in [0.25, 0.3) is 0 Å². The fourth-order valence-corrected chi connectivity index (χ4v) is 3.29. The third-order valence-corrected chi connectivity index (χ3v) is 5.15. The molecule has 29 heavy (non-hydrogen) atoms. The summed E-state index contributed by atoms with van der Waals surface area (Å²) in [5.41, 5.74) is 8.93. The second-order valence-electron chi connectivity index (χ2n) is 7.47. The number of rotatable bonds is 20. The van der Waals surface area contributed by atoms with Crippen LogP contribution < -0.4 is 0 Å². The smallest absolute Gasteiger partial charge is 0.245 e. The van der Waals surface area contributed by atoms with E-state index in [-0.39, 0.29) is 25.2 Å². The molecule has 0 unspecified atom stereocenters. The highest BCUT2D eigenvalue weighted by Crippen LogP contribution is 2.19. The van der Waals surface area contributed by atoms with Gasteiger partial charge in [-0.05, 0) is 18.4 Å². The lowest BCUT2D eigenvalue weighted by atomic mass is 9.99. The molecule has 0 N–H and O–H groups in total. The van der Waals surface area contributed by atoms with Crippen molar-refractivity contribution in [3.8, 4) is 0 Å². The summed E-state index contributed by atoms with van der Waals surface area (Å²) in [6.07, 6.45) is 13.8. The maximum atomic E-state index is 12.0. The number of unbranched alkanes of at least 4 members (excludes halogenated alkanes) is 9. The van der Waals surface area contributed by atoms with E-state index in [1.807, 2.05) is 0 Å². The number of hydroxylamine groups is 2. The van der Waals surface area contributed by atoms with Crippen LogP contribution in [0.3, 0.4) is 0 Å². The molecule has 0 aliphatic carbocycles. The standard InChI is InChI=1S/C21H42N4O4/c1-5-6-7-8-9-10-11-12-13-14-15-20(29-18-27-3)19(23-24-22)16-17-21(26)25(2)28-4/h19-20H,5-18H2,1-4H3/t19-,20+/m0/s1. The SMILES string of the molecule is CCCCCCCCCCCC[C@@H](OCOC)[C@H](CCC(=O)N(C)OC)N=[N+]=[N-]. The Morgan fingerprint density at radius 2 is 1.59 bits per heavy atom. The number of methoxy groups -OCH3 is 1. The maximum Gasteiger partial charge on any atom is 0.245 e. The minimum atomic E-state index is -0.400. The highest BCUT2D eigenvalue weighted by molar-refractivity contribution is 5.74. The van der Waals surface area contributed by atoms with Gasteiger partial charge in [-0.2, -0.15) is 0 Å². The van der Waals surface area contributed by atoms with Crippen LogP contribution in [0.25, 0.3) is 10.4 Å². The van der Waals surface area contributed by atoms with E-state index in [1.54, 1.807) is 14.2 Å². The van der Waals surface area contributed by atoms with Crippen molar-refractivity contribution in [2.75, 3.05) is 28.1 Å². The third kappa shape index (κ3) is 15.2. The van der Waals surface area contributed by atoms with Gasteiger partial charge in [0, 0.05) is 25.5 Å². The molecule has 0 bridgehead atoms. The summed E-state index contributed by atoms with van der Waals surface area (Å²) < 4.78 is 10.8. The van der Waals surface area contributed by atoms with E-state index in [0.29, 0.717) is 6.42 Å². The summed E-state index contributed by atoms with van der Waals surface area (Å²) in [7, 11) is 4.57. The maximum absolute atomic E-state index is 12.0. The van der Waals surface area contributed by atoms with Crippen molar-refractivity contribution in [3.05, 3.63) is 10.4 Å². The van der Waals surface area contributed by atoms with Crippen molar-refractivity contribution in [2.45, 2.75) is 103 Å². The molecular formula is C21H42N4O4. The zero-order valence-corrected chi connectivity index (χ0v) is 19.0. The molecule has 0 spiro atoms. The molecule has 2 atom stereocenters. The molecule has 0 saturated heterocycles. The van der Waals surface area contributed by atoms with Crippen LogP contribution in [0.5, 0.6) is 0 Å². The van der Waals surface area contributed by atoms with Crippen molar-refractivity contribution < 1.29 is 19.1 Å². The Hall–Kier alpha value is -1.34. The van der Waals surface area contributed by atoms with Gasteiger partial charge < -0.3 is 9.47 Å². The molecule has 170 valence electrons. The summed E-state index contributed by atoms with van der Waals surface area (Å²) in [4.78, 5) is 19.8. The minimum absolute atomic E-state index is 0.145. The van der Waals surface area contributed by atoms with Gasteiger partial charge in [-0.15, -0.1) is 0 Å². The molecule has 0 aromatic carbocycles. The average molecular weight is 415 g/mol. The largest absolute Gasteiger partial charge is 0.359 e. The molecule has 1 amide bonds. The van der Waals surface area contributed by atoms with Crippen molar-refractivity contribution in [1.29, 1.82) is 0 Å². The molecular weight excluding hydrogens is 372 g/mol. The quantitative estimate of drug-likeness (QED) is 0.0631. The first-order valence-corrected chi connectivity index (χ1v) is 11.1. The molecule has 0 saturated carbocycles. The van der Waals surface area contributed by atoms with E-state index < -0.39 is 6.04 Å². The lowest BCUT2D eigenvalue weighted by Crippen LogP contribution is -2.31. The number of azide groups is 1. The predicted molar refractivity (Wildman–Crippen MR) is 115 cm³/mol. The summed E-state index contributed by atoms with van der Waals surface area (Å²) in [5, 5.41) is 5.07. The van der Waals surface area contributed by atoms with Crippen LogP contribution >= 0.6 is 0 Å². The average Bonchev–Trinajstić information content (AvgIpc) is 2.73. The first-order chi connectivity index (χ1) is 14.1. The third-order valence-electron chi connectivity index (χ3n) is 5.15. The number of amides is 1. The summed E-state index contributed by atoms with van der Waals surface area (Å²) in [6, 6.07) is -0.400. The number of hydrogen-bond donors (Lipinski definition) is 0. The zero-order chi connectivity index (χ0) is 21.7. The lowest BCUT2D eigenvalue weighted by molar-refractivity contribution is -0.169. The van der Waals surface area contributed by atoms with Gasteiger partial charge in [0.2, 0.25) is 5.91 Å². The summed E-state index contributed by atoms with van der Waals surface area (Å²) in [5.74, 6) is -0.157. The van der Waals surface area contributed by atoms with Gasteiger partial charge in [0.15, 0.2) is 0 Å². The van der Waals surface area contributed by atoms with Gasteiger partial charge in [-0.3, -0.25) is 9.63 Å². The summed E-state index contributed by atoms with van der Waals surface area (Å²) >= 11 is 0. The normalized spacial score (nSPS) is 13.0. The minimum Gasteiger partial charge on any atom is -0.359 e. The molecule has 0 radical (unpaired) electrons. The van der Waals surface area contributed by atoms with Gasteiger partial charge in [0.05, 0.1) is 19.3 Å². The van der Waals surface area contributed by atoms with Crippen LogP contribution in [-0.4, -0.2) is 51.2 Å². The van der Waals surface area contributed by atoms with Crippen LogP contribution in [0, 0.1) is 0 Å². The van der Waals surface area contributed by atoms with Crippen LogP contribution in [0.4, 0.5) is 0 Å². The van der Waals surface area contributed by atoms with Crippen LogP contribution in [-0.2, 0) is 19.1 Å². The monoisotopic (exact) mass is 414 g/mol. The van der Waals surface area contributed by atoms with Crippen LogP contribution in [0.15, 0.2) is 5.11 Å². The fourth-order valence-electron chi connectivity index (χ4n) is 3.29. The van der Waals surface area contributed by atoms with Crippen LogP contribution in [0.2, 0.25) is 0 Å². The Balaban J connectivity index is 4.30. The Labute approximate surface area is 176 Å². The zero-order valence-electron chi connectivity index (χ0n) is 19.0. The highest BCUT2D eigenvalue weighted by Gasteiger charge is 2.23. The molecule has 0 fully saturated rings. The van der Waals surface area contributed by atoms with E-state index in [2.05, 4.69) is 16.9 Å². The Bertz CT molecular complexity index is 444. The van der Waals surface area contributed by atoms with E-state index in [9.17, 15) is 4.79 Å². The number of nitrogens with zero attached hydrogens (tertiary/aromatic N) is 4. The Morgan fingerprint density at radius 1 is 1.00 bits per heavy atom. The van der Waals surface area contributed by atoms with Gasteiger partial charge in [0.1, 0.15) is 6.79 Å². The molecule has 0 aromatic rings. The van der Waals surface area contributed by atoms with Gasteiger partial charge in [-0.1, -0.05) is 76.2 Å².